The average molecular weight is 362 g/mol. The maximum absolute atomic E-state index is 5.54. The molecule has 0 aliphatic carbocycles. The van der Waals surface area contributed by atoms with E-state index < -0.39 is 0 Å². The summed E-state index contributed by atoms with van der Waals surface area (Å²) >= 11 is 2.32. The Morgan fingerprint density at radius 3 is 3.05 bits per heavy atom. The molecule has 1 aliphatic heterocycles. The highest BCUT2D eigenvalue weighted by atomic mass is 127. The average Bonchev–Trinajstić information content (AvgIpc) is 3.02. The van der Waals surface area contributed by atoms with E-state index in [1.54, 1.807) is 0 Å². The van der Waals surface area contributed by atoms with Crippen LogP contribution in [-0.2, 0) is 6.42 Å². The predicted octanol–water partition coefficient (Wildman–Crippen LogP) is 3.57. The van der Waals surface area contributed by atoms with E-state index in [-0.39, 0.29) is 0 Å². The molecule has 0 bridgehead atoms. The second kappa shape index (κ2) is 4.23. The van der Waals surface area contributed by atoms with Crippen molar-refractivity contribution >= 4 is 33.5 Å². The molecule has 1 aromatic heterocycles. The summed E-state index contributed by atoms with van der Waals surface area (Å²) in [6.07, 6.45) is 2.90. The molecule has 0 fully saturated rings. The van der Waals surface area contributed by atoms with Gasteiger partial charge in [-0.2, -0.15) is 5.10 Å². The quantitative estimate of drug-likeness (QED) is 0.619. The Bertz CT molecular complexity index is 779. The van der Waals surface area contributed by atoms with Crippen LogP contribution < -0.4 is 4.74 Å². The number of nitrogens with zero attached hydrogens (tertiary/aromatic N) is 2. The highest BCUT2D eigenvalue weighted by Crippen LogP contribution is 2.28. The van der Waals surface area contributed by atoms with Crippen LogP contribution in [0.4, 0.5) is 0 Å². The van der Waals surface area contributed by atoms with Gasteiger partial charge in [-0.3, -0.25) is 0 Å². The minimum Gasteiger partial charge on any atom is -0.493 e. The summed E-state index contributed by atoms with van der Waals surface area (Å²) in [6, 6.07) is 12.7. The minimum atomic E-state index is 0.789. The van der Waals surface area contributed by atoms with E-state index in [0.29, 0.717) is 0 Å². The van der Waals surface area contributed by atoms with Crippen LogP contribution >= 0.6 is 22.6 Å². The van der Waals surface area contributed by atoms with Crippen molar-refractivity contribution in [2.45, 2.75) is 6.42 Å². The lowest BCUT2D eigenvalue weighted by Crippen LogP contribution is -1.96. The van der Waals surface area contributed by atoms with Gasteiger partial charge in [-0.15, -0.1) is 0 Å². The van der Waals surface area contributed by atoms with Crippen LogP contribution in [0.2, 0.25) is 0 Å². The number of benzene rings is 2. The van der Waals surface area contributed by atoms with Gasteiger partial charge in [0.2, 0.25) is 0 Å². The Morgan fingerprint density at radius 2 is 2.11 bits per heavy atom. The van der Waals surface area contributed by atoms with Crippen molar-refractivity contribution in [3.05, 3.63) is 51.7 Å². The van der Waals surface area contributed by atoms with Crippen LogP contribution in [0.25, 0.3) is 16.6 Å². The molecule has 19 heavy (non-hydrogen) atoms. The molecule has 4 rings (SSSR count). The zero-order chi connectivity index (χ0) is 12.8. The van der Waals surface area contributed by atoms with Crippen molar-refractivity contribution in [1.29, 1.82) is 0 Å². The van der Waals surface area contributed by atoms with Crippen molar-refractivity contribution in [3.63, 3.8) is 0 Å². The first-order chi connectivity index (χ1) is 9.31. The largest absolute Gasteiger partial charge is 0.493 e. The molecular formula is C15H11IN2O. The number of rotatable bonds is 1. The number of fused-ring (bicyclic) bond motifs is 2. The molecule has 2 aromatic carbocycles. The van der Waals surface area contributed by atoms with Gasteiger partial charge >= 0.3 is 0 Å². The van der Waals surface area contributed by atoms with Gasteiger partial charge < -0.3 is 4.74 Å². The molecule has 0 saturated carbocycles. The van der Waals surface area contributed by atoms with Gasteiger partial charge in [0.25, 0.3) is 0 Å². The van der Waals surface area contributed by atoms with Crippen LogP contribution in [0, 0.1) is 3.57 Å². The number of aromatic nitrogens is 2. The first-order valence-corrected chi connectivity index (χ1v) is 7.28. The Labute approximate surface area is 124 Å². The van der Waals surface area contributed by atoms with Crippen LogP contribution in [0.3, 0.4) is 0 Å². The van der Waals surface area contributed by atoms with Crippen molar-refractivity contribution < 1.29 is 4.74 Å². The fourth-order valence-electron chi connectivity index (χ4n) is 2.51. The smallest absolute Gasteiger partial charge is 0.122 e. The van der Waals surface area contributed by atoms with Crippen molar-refractivity contribution in [3.8, 4) is 11.4 Å². The highest BCUT2D eigenvalue weighted by Gasteiger charge is 2.13. The Morgan fingerprint density at radius 1 is 1.16 bits per heavy atom. The van der Waals surface area contributed by atoms with Gasteiger partial charge in [0.1, 0.15) is 5.75 Å². The fourth-order valence-corrected chi connectivity index (χ4v) is 3.03. The van der Waals surface area contributed by atoms with E-state index in [2.05, 4.69) is 58.0 Å². The van der Waals surface area contributed by atoms with Crippen LogP contribution in [0.5, 0.6) is 5.75 Å². The molecule has 0 radical (unpaired) electrons. The van der Waals surface area contributed by atoms with Gasteiger partial charge in [-0.05, 0) is 64.6 Å². The zero-order valence-electron chi connectivity index (χ0n) is 10.1. The van der Waals surface area contributed by atoms with Crippen molar-refractivity contribution in [1.82, 2.24) is 9.78 Å². The maximum atomic E-state index is 5.54. The van der Waals surface area contributed by atoms with E-state index in [9.17, 15) is 0 Å². The van der Waals surface area contributed by atoms with Crippen LogP contribution in [0.15, 0.2) is 42.6 Å². The zero-order valence-corrected chi connectivity index (χ0v) is 12.3. The summed E-state index contributed by atoms with van der Waals surface area (Å²) in [6.45, 7) is 0.789. The third kappa shape index (κ3) is 1.82. The lowest BCUT2D eigenvalue weighted by Gasteiger charge is -2.06. The molecule has 0 spiro atoms. The molecule has 3 nitrogen and oxygen atoms in total. The number of hydrogen-bond acceptors (Lipinski definition) is 2. The monoisotopic (exact) mass is 362 g/mol. The summed E-state index contributed by atoms with van der Waals surface area (Å²) in [5.74, 6) is 1.01. The van der Waals surface area contributed by atoms with E-state index in [4.69, 9.17) is 4.74 Å². The molecule has 1 aliphatic rings. The van der Waals surface area contributed by atoms with E-state index in [1.807, 2.05) is 16.9 Å². The van der Waals surface area contributed by atoms with Crippen molar-refractivity contribution in [2.75, 3.05) is 6.61 Å². The summed E-state index contributed by atoms with van der Waals surface area (Å²) < 4.78 is 8.76. The Hall–Kier alpha value is -1.56. The SMILES string of the molecule is Ic1ccc2c(cnn2-c2ccc3c(c2)CCO3)c1. The highest BCUT2D eigenvalue weighted by molar-refractivity contribution is 14.1. The second-order valence-electron chi connectivity index (χ2n) is 4.65. The van der Waals surface area contributed by atoms with Crippen LogP contribution in [-0.4, -0.2) is 16.4 Å². The standard InChI is InChI=1S/C15H11IN2O/c16-12-1-3-14-11(7-12)9-17-18(14)13-2-4-15-10(8-13)5-6-19-15/h1-4,7-9H,5-6H2. The molecule has 0 saturated heterocycles. The van der Waals surface area contributed by atoms with E-state index >= 15 is 0 Å². The van der Waals surface area contributed by atoms with Gasteiger partial charge in [0, 0.05) is 15.4 Å². The maximum Gasteiger partial charge on any atom is 0.122 e. The lowest BCUT2D eigenvalue weighted by molar-refractivity contribution is 0.357. The lowest BCUT2D eigenvalue weighted by atomic mass is 10.1. The summed E-state index contributed by atoms with van der Waals surface area (Å²) in [5.41, 5.74) is 3.51. The van der Waals surface area contributed by atoms with E-state index in [1.165, 1.54) is 14.5 Å². The summed E-state index contributed by atoms with van der Waals surface area (Å²) in [5, 5.41) is 5.67. The Balaban J connectivity index is 1.90. The van der Waals surface area contributed by atoms with Gasteiger partial charge in [-0.1, -0.05) is 0 Å². The molecular weight excluding hydrogens is 351 g/mol. The number of ether oxygens (including phenoxy) is 1. The molecule has 0 atom stereocenters. The van der Waals surface area contributed by atoms with Gasteiger partial charge in [0.15, 0.2) is 0 Å². The van der Waals surface area contributed by atoms with Crippen LogP contribution in [0.1, 0.15) is 5.56 Å². The molecule has 2 heterocycles. The minimum absolute atomic E-state index is 0.789. The first kappa shape index (κ1) is 11.3. The third-order valence-electron chi connectivity index (χ3n) is 3.45. The molecule has 4 heteroatoms. The molecule has 94 valence electrons. The van der Waals surface area contributed by atoms with Crippen molar-refractivity contribution in [2.24, 2.45) is 0 Å². The summed E-state index contributed by atoms with van der Waals surface area (Å²) in [4.78, 5) is 0. The fraction of sp³-hybridized carbons (Fsp3) is 0.133. The topological polar surface area (TPSA) is 27.1 Å². The Kier molecular flexibility index (Phi) is 2.51. The molecule has 3 aromatic rings. The third-order valence-corrected chi connectivity index (χ3v) is 4.12. The van der Waals surface area contributed by atoms with E-state index in [0.717, 1.165) is 30.0 Å². The molecule has 0 N–H and O–H groups in total. The predicted molar refractivity (Wildman–Crippen MR) is 83.0 cm³/mol. The number of hydrogen-bond donors (Lipinski definition) is 0. The molecule has 0 unspecified atom stereocenters. The first-order valence-electron chi connectivity index (χ1n) is 6.21. The van der Waals surface area contributed by atoms with Gasteiger partial charge in [0.05, 0.1) is 24.0 Å². The molecule has 0 amide bonds. The second-order valence-corrected chi connectivity index (χ2v) is 5.90. The summed E-state index contributed by atoms with van der Waals surface area (Å²) in [7, 11) is 0. The normalized spacial score (nSPS) is 13.5. The number of halogens is 1. The van der Waals surface area contributed by atoms with Gasteiger partial charge in [-0.25, -0.2) is 4.68 Å².